The van der Waals surface area contributed by atoms with Gasteiger partial charge in [-0.3, -0.25) is 0 Å². The van der Waals surface area contributed by atoms with Crippen molar-refractivity contribution >= 4 is 15.9 Å². The van der Waals surface area contributed by atoms with Crippen molar-refractivity contribution in [2.45, 2.75) is 51.9 Å². The average molecular weight is 311 g/mol. The number of hydrogen-bond acceptors (Lipinski definition) is 1. The van der Waals surface area contributed by atoms with Gasteiger partial charge in [0.15, 0.2) is 0 Å². The lowest BCUT2D eigenvalue weighted by Crippen LogP contribution is -2.19. The van der Waals surface area contributed by atoms with E-state index < -0.39 is 0 Å². The number of hydrogen-bond donors (Lipinski definition) is 0. The van der Waals surface area contributed by atoms with E-state index in [0.29, 0.717) is 5.92 Å². The zero-order valence-corrected chi connectivity index (χ0v) is 13.2. The Labute approximate surface area is 119 Å². The molecule has 1 unspecified atom stereocenters. The first-order valence-electron chi connectivity index (χ1n) is 7.03. The van der Waals surface area contributed by atoms with Crippen LogP contribution in [0.15, 0.2) is 16.6 Å². The highest BCUT2D eigenvalue weighted by molar-refractivity contribution is 9.10. The van der Waals surface area contributed by atoms with Gasteiger partial charge in [-0.25, -0.2) is 0 Å². The maximum Gasteiger partial charge on any atom is 0.133 e. The predicted octanol–water partition coefficient (Wildman–Crippen LogP) is 5.31. The smallest absolute Gasteiger partial charge is 0.133 e. The van der Waals surface area contributed by atoms with Gasteiger partial charge in [0.25, 0.3) is 0 Å². The molecular formula is C16H23BrO. The van der Waals surface area contributed by atoms with Crippen molar-refractivity contribution in [3.05, 3.63) is 27.7 Å². The first-order valence-corrected chi connectivity index (χ1v) is 7.83. The maximum atomic E-state index is 5.45. The molecule has 18 heavy (non-hydrogen) atoms. The Bertz CT molecular complexity index is 410. The largest absolute Gasteiger partial charge is 0.496 e. The molecule has 0 bridgehead atoms. The van der Waals surface area contributed by atoms with E-state index in [4.69, 9.17) is 4.74 Å². The monoisotopic (exact) mass is 310 g/mol. The molecule has 0 spiro atoms. The third kappa shape index (κ3) is 2.74. The molecule has 0 aliphatic heterocycles. The number of ether oxygens (including phenoxy) is 1. The van der Waals surface area contributed by atoms with Crippen LogP contribution in [0.4, 0.5) is 0 Å². The first kappa shape index (κ1) is 13.9. The van der Waals surface area contributed by atoms with Crippen molar-refractivity contribution in [3.8, 4) is 5.75 Å². The van der Waals surface area contributed by atoms with Crippen LogP contribution in [0.2, 0.25) is 0 Å². The number of rotatable bonds is 5. The SMILES string of the molecule is CCCc1cc(Br)c(OC)cc1C(C)C1CCC1. The van der Waals surface area contributed by atoms with Gasteiger partial charge in [-0.2, -0.15) is 0 Å². The summed E-state index contributed by atoms with van der Waals surface area (Å²) >= 11 is 3.60. The highest BCUT2D eigenvalue weighted by Crippen LogP contribution is 2.42. The van der Waals surface area contributed by atoms with Gasteiger partial charge in [0, 0.05) is 0 Å². The van der Waals surface area contributed by atoms with Gasteiger partial charge >= 0.3 is 0 Å². The summed E-state index contributed by atoms with van der Waals surface area (Å²) in [5.41, 5.74) is 2.99. The molecule has 1 aromatic rings. The topological polar surface area (TPSA) is 9.23 Å². The van der Waals surface area contributed by atoms with E-state index in [1.54, 1.807) is 7.11 Å². The van der Waals surface area contributed by atoms with Crippen LogP contribution < -0.4 is 4.74 Å². The molecule has 1 aliphatic rings. The highest BCUT2D eigenvalue weighted by atomic mass is 79.9. The van der Waals surface area contributed by atoms with Crippen LogP contribution in [0, 0.1) is 5.92 Å². The van der Waals surface area contributed by atoms with Crippen molar-refractivity contribution in [2.75, 3.05) is 7.11 Å². The Balaban J connectivity index is 2.34. The molecule has 100 valence electrons. The summed E-state index contributed by atoms with van der Waals surface area (Å²) in [4.78, 5) is 0. The summed E-state index contributed by atoms with van der Waals surface area (Å²) in [7, 11) is 1.75. The number of aryl methyl sites for hydroxylation is 1. The second-order valence-electron chi connectivity index (χ2n) is 5.42. The fourth-order valence-corrected chi connectivity index (χ4v) is 3.42. The molecule has 1 nitrogen and oxygen atoms in total. The van der Waals surface area contributed by atoms with Gasteiger partial charge in [0.05, 0.1) is 11.6 Å². The molecule has 1 aliphatic carbocycles. The standard InChI is InChI=1S/C16H23BrO/c1-4-6-13-9-15(17)16(18-3)10-14(13)11(2)12-7-5-8-12/h9-12H,4-8H2,1-3H3. The van der Waals surface area contributed by atoms with Crippen molar-refractivity contribution in [1.82, 2.24) is 0 Å². The molecule has 1 atom stereocenters. The lowest BCUT2D eigenvalue weighted by Gasteiger charge is -2.33. The fraction of sp³-hybridized carbons (Fsp3) is 0.625. The molecule has 2 rings (SSSR count). The van der Waals surface area contributed by atoms with Crippen molar-refractivity contribution in [1.29, 1.82) is 0 Å². The van der Waals surface area contributed by atoms with Crippen LogP contribution in [-0.4, -0.2) is 7.11 Å². The van der Waals surface area contributed by atoms with Gasteiger partial charge in [0.1, 0.15) is 5.75 Å². The van der Waals surface area contributed by atoms with Gasteiger partial charge in [0.2, 0.25) is 0 Å². The summed E-state index contributed by atoms with van der Waals surface area (Å²) in [5, 5.41) is 0. The zero-order valence-electron chi connectivity index (χ0n) is 11.6. The molecule has 0 amide bonds. The second-order valence-corrected chi connectivity index (χ2v) is 6.27. The Kier molecular flexibility index (Phi) is 4.71. The zero-order chi connectivity index (χ0) is 13.1. The summed E-state index contributed by atoms with van der Waals surface area (Å²) in [6, 6.07) is 4.50. The minimum Gasteiger partial charge on any atom is -0.496 e. The van der Waals surface area contributed by atoms with Gasteiger partial charge < -0.3 is 4.74 Å². The summed E-state index contributed by atoms with van der Waals surface area (Å²) in [5.74, 6) is 2.52. The molecule has 2 heteroatoms. The van der Waals surface area contributed by atoms with E-state index in [-0.39, 0.29) is 0 Å². The van der Waals surface area contributed by atoms with Crippen LogP contribution in [0.1, 0.15) is 56.6 Å². The molecule has 0 heterocycles. The van der Waals surface area contributed by atoms with Gasteiger partial charge in [-0.1, -0.05) is 26.7 Å². The maximum absolute atomic E-state index is 5.45. The van der Waals surface area contributed by atoms with E-state index in [1.165, 1.54) is 36.8 Å². The van der Waals surface area contributed by atoms with E-state index in [0.717, 1.165) is 22.6 Å². The predicted molar refractivity (Wildman–Crippen MR) is 80.4 cm³/mol. The molecule has 0 N–H and O–H groups in total. The van der Waals surface area contributed by atoms with Crippen molar-refractivity contribution in [3.63, 3.8) is 0 Å². The quantitative estimate of drug-likeness (QED) is 0.715. The fourth-order valence-electron chi connectivity index (χ4n) is 2.87. The van der Waals surface area contributed by atoms with Crippen molar-refractivity contribution in [2.24, 2.45) is 5.92 Å². The number of benzene rings is 1. The normalized spacial score (nSPS) is 17.3. The minimum atomic E-state index is 0.669. The molecule has 1 aromatic carbocycles. The van der Waals surface area contributed by atoms with Gasteiger partial charge in [-0.05, 0) is 70.3 Å². The second kappa shape index (κ2) is 6.10. The van der Waals surface area contributed by atoms with Crippen LogP contribution in [-0.2, 0) is 6.42 Å². The van der Waals surface area contributed by atoms with E-state index in [1.807, 2.05) is 0 Å². The van der Waals surface area contributed by atoms with Crippen LogP contribution in [0.25, 0.3) is 0 Å². The minimum absolute atomic E-state index is 0.669. The first-order chi connectivity index (χ1) is 8.67. The average Bonchev–Trinajstić information content (AvgIpc) is 2.27. The molecule has 0 saturated heterocycles. The summed E-state index contributed by atoms with van der Waals surface area (Å²) in [6.45, 7) is 4.63. The molecule has 0 aromatic heterocycles. The summed E-state index contributed by atoms with van der Waals surface area (Å²) in [6.07, 6.45) is 6.56. The van der Waals surface area contributed by atoms with Crippen molar-refractivity contribution < 1.29 is 4.74 Å². The van der Waals surface area contributed by atoms with E-state index in [9.17, 15) is 0 Å². The Morgan fingerprint density at radius 3 is 2.61 bits per heavy atom. The third-order valence-electron chi connectivity index (χ3n) is 4.28. The molecule has 1 fully saturated rings. The number of halogens is 1. The Morgan fingerprint density at radius 2 is 2.11 bits per heavy atom. The van der Waals surface area contributed by atoms with E-state index >= 15 is 0 Å². The molecule has 0 radical (unpaired) electrons. The molecular weight excluding hydrogens is 288 g/mol. The lowest BCUT2D eigenvalue weighted by molar-refractivity contribution is 0.271. The van der Waals surface area contributed by atoms with Gasteiger partial charge in [-0.15, -0.1) is 0 Å². The Hall–Kier alpha value is -0.500. The van der Waals surface area contributed by atoms with E-state index in [2.05, 4.69) is 41.9 Å². The van der Waals surface area contributed by atoms with Crippen LogP contribution >= 0.6 is 15.9 Å². The number of methoxy groups -OCH3 is 1. The molecule has 1 saturated carbocycles. The highest BCUT2D eigenvalue weighted by Gasteiger charge is 2.27. The summed E-state index contributed by atoms with van der Waals surface area (Å²) < 4.78 is 6.53. The van der Waals surface area contributed by atoms with Crippen LogP contribution in [0.5, 0.6) is 5.75 Å². The third-order valence-corrected chi connectivity index (χ3v) is 4.90. The Morgan fingerprint density at radius 1 is 1.39 bits per heavy atom. The lowest BCUT2D eigenvalue weighted by atomic mass is 9.73. The van der Waals surface area contributed by atoms with Crippen LogP contribution in [0.3, 0.4) is 0 Å².